The van der Waals surface area contributed by atoms with Crippen molar-refractivity contribution in [1.82, 2.24) is 10.6 Å². The molecule has 4 N–H and O–H groups in total. The largest absolute Gasteiger partial charge is 0.508 e. The Morgan fingerprint density at radius 2 is 1.43 bits per heavy atom. The molecule has 0 saturated heterocycles. The van der Waals surface area contributed by atoms with Gasteiger partial charge in [0.05, 0.1) is 12.1 Å². The highest BCUT2D eigenvalue weighted by Crippen LogP contribution is 2.17. The predicted octanol–water partition coefficient (Wildman–Crippen LogP) is 4.62. The number of hydrogen-bond donors (Lipinski definition) is 4. The van der Waals surface area contributed by atoms with Gasteiger partial charge in [-0.2, -0.15) is 0 Å². The van der Waals surface area contributed by atoms with Gasteiger partial charge in [0.15, 0.2) is 0 Å². The SMILES string of the molecule is CC(C)(C)OC(=O)N[C@@H](Cc1ccccc1)C[C@H](O)[C@H](Cc1ccccc1)NC(=O)c1cccc(O)c1. The first-order chi connectivity index (χ1) is 17.6. The summed E-state index contributed by atoms with van der Waals surface area (Å²) in [6.45, 7) is 5.38. The number of aliphatic hydroxyl groups excluding tert-OH is 1. The highest BCUT2D eigenvalue weighted by Gasteiger charge is 2.28. The lowest BCUT2D eigenvalue weighted by Gasteiger charge is -2.29. The lowest BCUT2D eigenvalue weighted by Crippen LogP contribution is -2.49. The minimum absolute atomic E-state index is 0.0164. The number of phenolic OH excluding ortho intramolecular Hbond substituents is 1. The van der Waals surface area contributed by atoms with Gasteiger partial charge in [-0.1, -0.05) is 66.7 Å². The first-order valence-corrected chi connectivity index (χ1v) is 12.4. The van der Waals surface area contributed by atoms with Crippen LogP contribution in [0.1, 0.15) is 48.7 Å². The topological polar surface area (TPSA) is 108 Å². The summed E-state index contributed by atoms with van der Waals surface area (Å²) in [5, 5.41) is 27.0. The van der Waals surface area contributed by atoms with Gasteiger partial charge in [-0.05, 0) is 69.4 Å². The second kappa shape index (κ2) is 12.9. The van der Waals surface area contributed by atoms with Crippen molar-refractivity contribution < 1.29 is 24.5 Å². The van der Waals surface area contributed by atoms with Crippen LogP contribution in [0.4, 0.5) is 4.79 Å². The third-order valence-corrected chi connectivity index (χ3v) is 5.76. The van der Waals surface area contributed by atoms with Gasteiger partial charge in [0.2, 0.25) is 0 Å². The van der Waals surface area contributed by atoms with Crippen LogP contribution in [0.25, 0.3) is 0 Å². The Balaban J connectivity index is 1.80. The summed E-state index contributed by atoms with van der Waals surface area (Å²) < 4.78 is 5.45. The van der Waals surface area contributed by atoms with E-state index in [2.05, 4.69) is 10.6 Å². The molecule has 0 unspecified atom stereocenters. The minimum Gasteiger partial charge on any atom is -0.508 e. The van der Waals surface area contributed by atoms with Crippen LogP contribution >= 0.6 is 0 Å². The van der Waals surface area contributed by atoms with Crippen LogP contribution in [0.3, 0.4) is 0 Å². The zero-order valence-electron chi connectivity index (χ0n) is 21.6. The fourth-order valence-electron chi connectivity index (χ4n) is 4.07. The molecule has 0 aromatic heterocycles. The number of benzene rings is 3. The highest BCUT2D eigenvalue weighted by atomic mass is 16.6. The van der Waals surface area contributed by atoms with Crippen LogP contribution in [0.2, 0.25) is 0 Å². The Kier molecular flexibility index (Phi) is 9.69. The van der Waals surface area contributed by atoms with Crippen LogP contribution in [-0.2, 0) is 17.6 Å². The van der Waals surface area contributed by atoms with E-state index < -0.39 is 35.8 Å². The maximum atomic E-state index is 13.0. The van der Waals surface area contributed by atoms with E-state index in [4.69, 9.17) is 4.74 Å². The number of carbonyl (C=O) groups is 2. The Bertz CT molecular complexity index is 1150. The average molecular weight is 505 g/mol. The molecule has 37 heavy (non-hydrogen) atoms. The number of carbonyl (C=O) groups excluding carboxylic acids is 2. The molecule has 3 rings (SSSR count). The van der Waals surface area contributed by atoms with E-state index in [1.807, 2.05) is 60.7 Å². The summed E-state index contributed by atoms with van der Waals surface area (Å²) in [5.41, 5.74) is 1.57. The second-order valence-corrected chi connectivity index (χ2v) is 10.2. The zero-order chi connectivity index (χ0) is 26.8. The van der Waals surface area contributed by atoms with Crippen molar-refractivity contribution in [1.29, 1.82) is 0 Å². The lowest BCUT2D eigenvalue weighted by molar-refractivity contribution is 0.0463. The smallest absolute Gasteiger partial charge is 0.407 e. The molecule has 3 aromatic rings. The molecular formula is C30H36N2O5. The molecule has 0 bridgehead atoms. The van der Waals surface area contributed by atoms with Crippen molar-refractivity contribution in [3.63, 3.8) is 0 Å². The van der Waals surface area contributed by atoms with Gasteiger partial charge in [-0.25, -0.2) is 4.79 Å². The molecule has 0 aliphatic heterocycles. The van der Waals surface area contributed by atoms with Gasteiger partial charge >= 0.3 is 6.09 Å². The quantitative estimate of drug-likeness (QED) is 0.322. The number of aromatic hydroxyl groups is 1. The molecule has 0 heterocycles. The first-order valence-electron chi connectivity index (χ1n) is 12.4. The van der Waals surface area contributed by atoms with Gasteiger partial charge in [0.1, 0.15) is 11.4 Å². The Hall–Kier alpha value is -3.84. The average Bonchev–Trinajstić information content (AvgIpc) is 2.83. The molecule has 7 heteroatoms. The Morgan fingerprint density at radius 1 is 0.838 bits per heavy atom. The number of ether oxygens (including phenoxy) is 1. The number of amides is 2. The van der Waals surface area contributed by atoms with Crippen molar-refractivity contribution in [3.8, 4) is 5.75 Å². The van der Waals surface area contributed by atoms with Crippen molar-refractivity contribution in [2.75, 3.05) is 0 Å². The van der Waals surface area contributed by atoms with Crippen LogP contribution in [0, 0.1) is 0 Å². The van der Waals surface area contributed by atoms with Crippen LogP contribution in [0.15, 0.2) is 84.9 Å². The van der Waals surface area contributed by atoms with Crippen LogP contribution < -0.4 is 10.6 Å². The monoisotopic (exact) mass is 504 g/mol. The summed E-state index contributed by atoms with van der Waals surface area (Å²) in [6, 6.07) is 24.2. The minimum atomic E-state index is -0.981. The van der Waals surface area contributed by atoms with E-state index in [-0.39, 0.29) is 17.7 Å². The fourth-order valence-corrected chi connectivity index (χ4v) is 4.07. The fraction of sp³-hybridized carbons (Fsp3) is 0.333. The van der Waals surface area contributed by atoms with E-state index in [9.17, 15) is 19.8 Å². The molecular weight excluding hydrogens is 468 g/mol. The van der Waals surface area contributed by atoms with Gasteiger partial charge < -0.3 is 25.6 Å². The maximum absolute atomic E-state index is 13.0. The van der Waals surface area contributed by atoms with Gasteiger partial charge in [-0.15, -0.1) is 0 Å². The molecule has 7 nitrogen and oxygen atoms in total. The molecule has 0 radical (unpaired) electrons. The predicted molar refractivity (Wildman–Crippen MR) is 143 cm³/mol. The molecule has 0 aliphatic carbocycles. The molecule has 2 amide bonds. The van der Waals surface area contributed by atoms with Gasteiger partial charge in [0, 0.05) is 11.6 Å². The Morgan fingerprint density at radius 3 is 2.00 bits per heavy atom. The number of rotatable bonds is 10. The third kappa shape index (κ3) is 9.61. The molecule has 3 atom stereocenters. The number of phenols is 1. The highest BCUT2D eigenvalue weighted by molar-refractivity contribution is 5.94. The van der Waals surface area contributed by atoms with Crippen molar-refractivity contribution in [3.05, 3.63) is 102 Å². The summed E-state index contributed by atoms with van der Waals surface area (Å²) in [4.78, 5) is 25.6. The number of hydrogen-bond acceptors (Lipinski definition) is 5. The van der Waals surface area contributed by atoms with Crippen LogP contribution in [-0.4, -0.2) is 46.0 Å². The number of alkyl carbamates (subject to hydrolysis) is 1. The molecule has 0 fully saturated rings. The number of nitrogens with one attached hydrogen (secondary N) is 2. The standard InChI is InChI=1S/C30H36N2O5/c1-30(2,3)37-29(36)31-24(17-21-11-6-4-7-12-21)20-27(34)26(18-22-13-8-5-9-14-22)32-28(35)23-15-10-16-25(33)19-23/h4-16,19,24,26-27,33-34H,17-18,20H2,1-3H3,(H,31,36)(H,32,35)/t24-,26-,27-/m0/s1. The molecule has 196 valence electrons. The lowest BCUT2D eigenvalue weighted by atomic mass is 9.93. The van der Waals surface area contributed by atoms with E-state index in [1.165, 1.54) is 12.1 Å². The number of aliphatic hydroxyl groups is 1. The molecule has 3 aromatic carbocycles. The molecule has 0 aliphatic rings. The van der Waals surface area contributed by atoms with Crippen molar-refractivity contribution >= 4 is 12.0 Å². The maximum Gasteiger partial charge on any atom is 0.407 e. The van der Waals surface area contributed by atoms with Gasteiger partial charge in [0.25, 0.3) is 5.91 Å². The van der Waals surface area contributed by atoms with E-state index >= 15 is 0 Å². The van der Waals surface area contributed by atoms with E-state index in [1.54, 1.807) is 32.9 Å². The first kappa shape index (κ1) is 27.7. The zero-order valence-corrected chi connectivity index (χ0v) is 21.6. The summed E-state index contributed by atoms with van der Waals surface area (Å²) in [6.07, 6.45) is -0.493. The summed E-state index contributed by atoms with van der Waals surface area (Å²) in [5.74, 6) is -0.423. The van der Waals surface area contributed by atoms with Gasteiger partial charge in [-0.3, -0.25) is 4.79 Å². The molecule has 0 saturated carbocycles. The second-order valence-electron chi connectivity index (χ2n) is 10.2. The third-order valence-electron chi connectivity index (χ3n) is 5.76. The van der Waals surface area contributed by atoms with Crippen LogP contribution in [0.5, 0.6) is 5.75 Å². The Labute approximate surface area is 218 Å². The van der Waals surface area contributed by atoms with Crippen molar-refractivity contribution in [2.45, 2.75) is 63.8 Å². The van der Waals surface area contributed by atoms with E-state index in [0.29, 0.717) is 12.8 Å². The normalized spacial score (nSPS) is 13.7. The summed E-state index contributed by atoms with van der Waals surface area (Å²) >= 11 is 0. The van der Waals surface area contributed by atoms with Crippen molar-refractivity contribution in [2.24, 2.45) is 0 Å². The van der Waals surface area contributed by atoms with E-state index in [0.717, 1.165) is 11.1 Å². The summed E-state index contributed by atoms with van der Waals surface area (Å²) in [7, 11) is 0. The molecule has 0 spiro atoms.